The topological polar surface area (TPSA) is 75.4 Å². The number of rotatable bonds is 7. The number of hydrogen-bond acceptors (Lipinski definition) is 4. The van der Waals surface area contributed by atoms with Crippen molar-refractivity contribution in [2.24, 2.45) is 5.73 Å². The van der Waals surface area contributed by atoms with Gasteiger partial charge in [-0.25, -0.2) is 0 Å². The van der Waals surface area contributed by atoms with Crippen molar-refractivity contribution in [1.82, 2.24) is 10.2 Å². The van der Waals surface area contributed by atoms with Gasteiger partial charge in [0, 0.05) is 29.9 Å². The van der Waals surface area contributed by atoms with Crippen LogP contribution in [0.3, 0.4) is 0 Å². The van der Waals surface area contributed by atoms with Crippen molar-refractivity contribution in [1.29, 1.82) is 0 Å². The summed E-state index contributed by atoms with van der Waals surface area (Å²) in [5.74, 6) is -0.330. The minimum absolute atomic E-state index is 0.0895. The molecule has 0 radical (unpaired) electrons. The van der Waals surface area contributed by atoms with Crippen LogP contribution in [-0.2, 0) is 11.3 Å². The standard InChI is InChI=1S/C12H19N3O2S/c1-3-15(4-2)11(16)7-14-6-10-5-9(8-18-10)12(13)17/h5,8,14H,3-4,6-7H2,1-2H3,(H2,13,17). The summed E-state index contributed by atoms with van der Waals surface area (Å²) in [7, 11) is 0. The summed E-state index contributed by atoms with van der Waals surface area (Å²) < 4.78 is 0. The Bertz CT molecular complexity index is 413. The molecule has 0 spiro atoms. The molecule has 0 bridgehead atoms. The highest BCUT2D eigenvalue weighted by Crippen LogP contribution is 2.13. The molecule has 1 heterocycles. The maximum absolute atomic E-state index is 11.7. The Hall–Kier alpha value is -1.40. The van der Waals surface area contributed by atoms with Crippen molar-refractivity contribution in [3.05, 3.63) is 21.9 Å². The average molecular weight is 269 g/mol. The average Bonchev–Trinajstić information content (AvgIpc) is 2.79. The van der Waals surface area contributed by atoms with E-state index in [-0.39, 0.29) is 5.91 Å². The molecule has 0 saturated carbocycles. The molecule has 5 nitrogen and oxygen atoms in total. The molecule has 6 heteroatoms. The van der Waals surface area contributed by atoms with Crippen LogP contribution >= 0.6 is 11.3 Å². The first-order valence-electron chi connectivity index (χ1n) is 5.94. The zero-order valence-electron chi connectivity index (χ0n) is 10.7. The number of carbonyl (C=O) groups is 2. The number of nitrogens with zero attached hydrogens (tertiary/aromatic N) is 1. The molecule has 1 rings (SSSR count). The Morgan fingerprint density at radius 1 is 1.39 bits per heavy atom. The molecule has 0 aliphatic carbocycles. The summed E-state index contributed by atoms with van der Waals surface area (Å²) in [6.45, 7) is 6.25. The van der Waals surface area contributed by atoms with Crippen LogP contribution in [0.5, 0.6) is 0 Å². The molecule has 0 aliphatic rings. The summed E-state index contributed by atoms with van der Waals surface area (Å²) in [5.41, 5.74) is 5.69. The van der Waals surface area contributed by atoms with Crippen LogP contribution in [0.15, 0.2) is 11.4 Å². The third-order valence-corrected chi connectivity index (χ3v) is 3.57. The van der Waals surface area contributed by atoms with E-state index in [1.54, 1.807) is 16.3 Å². The van der Waals surface area contributed by atoms with Crippen LogP contribution in [0.4, 0.5) is 0 Å². The molecule has 100 valence electrons. The van der Waals surface area contributed by atoms with Gasteiger partial charge in [-0.2, -0.15) is 0 Å². The van der Waals surface area contributed by atoms with Crippen molar-refractivity contribution >= 4 is 23.2 Å². The van der Waals surface area contributed by atoms with Gasteiger partial charge in [-0.1, -0.05) is 0 Å². The van der Waals surface area contributed by atoms with Crippen LogP contribution in [0.1, 0.15) is 29.1 Å². The van der Waals surface area contributed by atoms with Crippen LogP contribution in [0.25, 0.3) is 0 Å². The van der Waals surface area contributed by atoms with Gasteiger partial charge in [0.05, 0.1) is 12.1 Å². The molecule has 0 aliphatic heterocycles. The van der Waals surface area contributed by atoms with E-state index in [1.807, 2.05) is 13.8 Å². The summed E-state index contributed by atoms with van der Waals surface area (Å²) in [6.07, 6.45) is 0. The maximum atomic E-state index is 11.7. The number of nitrogens with one attached hydrogen (secondary N) is 1. The molecule has 18 heavy (non-hydrogen) atoms. The molecule has 0 aromatic carbocycles. The predicted molar refractivity (Wildman–Crippen MR) is 72.5 cm³/mol. The fourth-order valence-electron chi connectivity index (χ4n) is 1.58. The minimum atomic E-state index is -0.420. The van der Waals surface area contributed by atoms with Gasteiger partial charge in [0.1, 0.15) is 0 Å². The first-order valence-corrected chi connectivity index (χ1v) is 6.82. The smallest absolute Gasteiger partial charge is 0.249 e. The summed E-state index contributed by atoms with van der Waals surface area (Å²) in [4.78, 5) is 25.4. The van der Waals surface area contributed by atoms with Gasteiger partial charge in [-0.15, -0.1) is 11.3 Å². The van der Waals surface area contributed by atoms with Crippen LogP contribution < -0.4 is 11.1 Å². The summed E-state index contributed by atoms with van der Waals surface area (Å²) >= 11 is 1.46. The quantitative estimate of drug-likeness (QED) is 0.769. The summed E-state index contributed by atoms with van der Waals surface area (Å²) in [6, 6.07) is 1.75. The fourth-order valence-corrected chi connectivity index (χ4v) is 2.43. The number of likely N-dealkylation sites (N-methyl/N-ethyl adjacent to an activating group) is 1. The Kier molecular flexibility index (Phi) is 5.80. The highest BCUT2D eigenvalue weighted by Gasteiger charge is 2.09. The lowest BCUT2D eigenvalue weighted by atomic mass is 10.3. The first kappa shape index (κ1) is 14.7. The predicted octanol–water partition coefficient (Wildman–Crippen LogP) is 0.805. The normalized spacial score (nSPS) is 10.3. The van der Waals surface area contributed by atoms with Gasteiger partial charge < -0.3 is 16.0 Å². The molecule has 1 aromatic rings. The Morgan fingerprint density at radius 2 is 2.06 bits per heavy atom. The maximum Gasteiger partial charge on any atom is 0.249 e. The van der Waals surface area contributed by atoms with Crippen molar-refractivity contribution < 1.29 is 9.59 Å². The Labute approximate surface area is 111 Å². The molecule has 2 amide bonds. The second-order valence-electron chi connectivity index (χ2n) is 3.84. The second kappa shape index (κ2) is 7.13. The largest absolute Gasteiger partial charge is 0.366 e. The van der Waals surface area contributed by atoms with Crippen LogP contribution in [0.2, 0.25) is 0 Å². The number of thiophene rings is 1. The Balaban J connectivity index is 2.37. The van der Waals surface area contributed by atoms with Crippen LogP contribution in [-0.4, -0.2) is 36.3 Å². The monoisotopic (exact) mass is 269 g/mol. The van der Waals surface area contributed by atoms with Crippen molar-refractivity contribution in [2.75, 3.05) is 19.6 Å². The van der Waals surface area contributed by atoms with Gasteiger partial charge in [-0.3, -0.25) is 9.59 Å². The van der Waals surface area contributed by atoms with E-state index in [9.17, 15) is 9.59 Å². The third-order valence-electron chi connectivity index (χ3n) is 2.63. The third kappa shape index (κ3) is 4.12. The zero-order chi connectivity index (χ0) is 13.5. The highest BCUT2D eigenvalue weighted by atomic mass is 32.1. The van der Waals surface area contributed by atoms with Gasteiger partial charge in [0.2, 0.25) is 11.8 Å². The number of primary amides is 1. The second-order valence-corrected chi connectivity index (χ2v) is 4.83. The fraction of sp³-hybridized carbons (Fsp3) is 0.500. The SMILES string of the molecule is CCN(CC)C(=O)CNCc1cc(C(N)=O)cs1. The van der Waals surface area contributed by atoms with E-state index in [4.69, 9.17) is 5.73 Å². The van der Waals surface area contributed by atoms with E-state index in [1.165, 1.54) is 11.3 Å². The minimum Gasteiger partial charge on any atom is -0.366 e. The molecule has 3 N–H and O–H groups in total. The number of hydrogen-bond donors (Lipinski definition) is 2. The van der Waals surface area contributed by atoms with Crippen molar-refractivity contribution in [2.45, 2.75) is 20.4 Å². The molecule has 0 fully saturated rings. The van der Waals surface area contributed by atoms with E-state index in [2.05, 4.69) is 5.32 Å². The van der Waals surface area contributed by atoms with Crippen molar-refractivity contribution in [3.8, 4) is 0 Å². The lowest BCUT2D eigenvalue weighted by Crippen LogP contribution is -2.37. The van der Waals surface area contributed by atoms with E-state index in [0.717, 1.165) is 18.0 Å². The summed E-state index contributed by atoms with van der Waals surface area (Å²) in [5, 5.41) is 4.80. The van der Waals surface area contributed by atoms with E-state index < -0.39 is 5.91 Å². The zero-order valence-corrected chi connectivity index (χ0v) is 11.5. The van der Waals surface area contributed by atoms with Gasteiger partial charge >= 0.3 is 0 Å². The lowest BCUT2D eigenvalue weighted by molar-refractivity contribution is -0.129. The number of carbonyl (C=O) groups excluding carboxylic acids is 2. The van der Waals surface area contributed by atoms with Gasteiger partial charge in [0.25, 0.3) is 0 Å². The molecule has 0 unspecified atom stereocenters. The molecule has 1 aromatic heterocycles. The van der Waals surface area contributed by atoms with Gasteiger partial charge in [-0.05, 0) is 19.9 Å². The Morgan fingerprint density at radius 3 is 2.56 bits per heavy atom. The lowest BCUT2D eigenvalue weighted by Gasteiger charge is -2.18. The number of nitrogens with two attached hydrogens (primary N) is 1. The first-order chi connectivity index (χ1) is 8.58. The van der Waals surface area contributed by atoms with E-state index >= 15 is 0 Å². The van der Waals surface area contributed by atoms with Gasteiger partial charge in [0.15, 0.2) is 0 Å². The van der Waals surface area contributed by atoms with E-state index in [0.29, 0.717) is 18.7 Å². The molecular weight excluding hydrogens is 250 g/mol. The molecular formula is C12H19N3O2S. The van der Waals surface area contributed by atoms with Crippen molar-refractivity contribution in [3.63, 3.8) is 0 Å². The molecule has 0 atom stereocenters. The number of amides is 2. The highest BCUT2D eigenvalue weighted by molar-refractivity contribution is 7.10. The molecule has 0 saturated heterocycles. The van der Waals surface area contributed by atoms with Crippen LogP contribution in [0, 0.1) is 0 Å².